The van der Waals surface area contributed by atoms with Crippen molar-refractivity contribution in [3.8, 4) is 5.75 Å². The smallest absolute Gasteiger partial charge is 0.419 e. The Morgan fingerprint density at radius 2 is 1.79 bits per heavy atom. The van der Waals surface area contributed by atoms with Gasteiger partial charge in [-0.2, -0.15) is 13.2 Å². The van der Waals surface area contributed by atoms with Crippen molar-refractivity contribution in [1.29, 1.82) is 0 Å². The SMILES string of the molecule is O=S(=O)(Cl)CCCCOc1ccccc1C(F)(F)F. The molecule has 0 atom stereocenters. The quantitative estimate of drug-likeness (QED) is 0.596. The summed E-state index contributed by atoms with van der Waals surface area (Å²) in [6.45, 7) is -0.000494. The topological polar surface area (TPSA) is 43.4 Å². The van der Waals surface area contributed by atoms with E-state index in [2.05, 4.69) is 0 Å². The van der Waals surface area contributed by atoms with Crippen LogP contribution in [0.25, 0.3) is 0 Å². The van der Waals surface area contributed by atoms with Crippen LogP contribution in [0.5, 0.6) is 5.75 Å². The molecule has 8 heteroatoms. The number of unbranched alkanes of at least 4 members (excludes halogenated alkanes) is 1. The molecule has 0 spiro atoms. The molecule has 0 aromatic heterocycles. The van der Waals surface area contributed by atoms with Crippen LogP contribution in [-0.4, -0.2) is 20.8 Å². The van der Waals surface area contributed by atoms with Gasteiger partial charge >= 0.3 is 6.18 Å². The van der Waals surface area contributed by atoms with Crippen molar-refractivity contribution < 1.29 is 26.3 Å². The lowest BCUT2D eigenvalue weighted by Gasteiger charge is -2.13. The molecule has 0 saturated carbocycles. The number of rotatable bonds is 6. The molecule has 3 nitrogen and oxygen atoms in total. The fraction of sp³-hybridized carbons (Fsp3) is 0.455. The first-order chi connectivity index (χ1) is 8.70. The normalized spacial score (nSPS) is 12.4. The summed E-state index contributed by atoms with van der Waals surface area (Å²) in [6.07, 6.45) is -3.94. The standard InChI is InChI=1S/C11H12ClF3O3S/c12-19(16,17)8-4-3-7-18-10-6-2-1-5-9(10)11(13,14)15/h1-2,5-6H,3-4,7-8H2. The van der Waals surface area contributed by atoms with Crippen LogP contribution in [0, 0.1) is 0 Å². The minimum atomic E-state index is -4.48. The molecular formula is C11H12ClF3O3S. The zero-order valence-electron chi connectivity index (χ0n) is 9.78. The average molecular weight is 317 g/mol. The molecule has 0 N–H and O–H groups in total. The van der Waals surface area contributed by atoms with Gasteiger partial charge in [0.1, 0.15) is 5.75 Å². The lowest BCUT2D eigenvalue weighted by Crippen LogP contribution is -2.09. The molecule has 0 heterocycles. The van der Waals surface area contributed by atoms with Crippen LogP contribution in [0.2, 0.25) is 0 Å². The van der Waals surface area contributed by atoms with Crippen molar-refractivity contribution in [2.75, 3.05) is 12.4 Å². The van der Waals surface area contributed by atoms with Gasteiger partial charge in [-0.15, -0.1) is 0 Å². The van der Waals surface area contributed by atoms with Gasteiger partial charge in [0.05, 0.1) is 17.9 Å². The van der Waals surface area contributed by atoms with E-state index in [0.29, 0.717) is 6.42 Å². The van der Waals surface area contributed by atoms with Crippen LogP contribution >= 0.6 is 10.7 Å². The van der Waals surface area contributed by atoms with Crippen LogP contribution in [0.4, 0.5) is 13.2 Å². The second kappa shape index (κ2) is 6.47. The Hall–Kier alpha value is -0.950. The Balaban J connectivity index is 2.50. The van der Waals surface area contributed by atoms with Crippen LogP contribution in [-0.2, 0) is 15.2 Å². The van der Waals surface area contributed by atoms with Gasteiger partial charge in [0, 0.05) is 10.7 Å². The highest BCUT2D eigenvalue weighted by molar-refractivity contribution is 8.13. The van der Waals surface area contributed by atoms with E-state index in [9.17, 15) is 21.6 Å². The van der Waals surface area contributed by atoms with E-state index in [-0.39, 0.29) is 24.5 Å². The lowest BCUT2D eigenvalue weighted by molar-refractivity contribution is -0.138. The summed E-state index contributed by atoms with van der Waals surface area (Å²) in [7, 11) is 1.43. The van der Waals surface area contributed by atoms with Crippen LogP contribution < -0.4 is 4.74 Å². The molecule has 0 bridgehead atoms. The van der Waals surface area contributed by atoms with Gasteiger partial charge in [0.15, 0.2) is 0 Å². The molecule has 108 valence electrons. The van der Waals surface area contributed by atoms with Crippen LogP contribution in [0.3, 0.4) is 0 Å². The van der Waals surface area contributed by atoms with Gasteiger partial charge in [-0.05, 0) is 25.0 Å². The number of hydrogen-bond donors (Lipinski definition) is 0. The second-order valence-corrected chi connectivity index (χ2v) is 6.69. The number of hydrogen-bond acceptors (Lipinski definition) is 3. The summed E-state index contributed by atoms with van der Waals surface area (Å²) in [5.74, 6) is -0.484. The van der Waals surface area contributed by atoms with Gasteiger partial charge < -0.3 is 4.74 Å². The molecule has 0 saturated heterocycles. The van der Waals surface area contributed by atoms with Crippen molar-refractivity contribution in [2.45, 2.75) is 19.0 Å². The van der Waals surface area contributed by atoms with Crippen LogP contribution in [0.15, 0.2) is 24.3 Å². The number of benzene rings is 1. The van der Waals surface area contributed by atoms with Crippen molar-refractivity contribution in [1.82, 2.24) is 0 Å². The predicted octanol–water partition coefficient (Wildman–Crippen LogP) is 3.43. The molecule has 0 aliphatic rings. The average Bonchev–Trinajstić information content (AvgIpc) is 2.26. The fourth-order valence-electron chi connectivity index (χ4n) is 1.39. The molecule has 0 fully saturated rings. The summed E-state index contributed by atoms with van der Waals surface area (Å²) in [5, 5.41) is 0. The molecule has 1 aromatic carbocycles. The van der Waals surface area contributed by atoms with Crippen LogP contribution in [0.1, 0.15) is 18.4 Å². The van der Waals surface area contributed by atoms with E-state index >= 15 is 0 Å². The highest BCUT2D eigenvalue weighted by Gasteiger charge is 2.33. The van der Waals surface area contributed by atoms with E-state index < -0.39 is 20.8 Å². The molecule has 0 radical (unpaired) electrons. The number of para-hydroxylation sites is 1. The van der Waals surface area contributed by atoms with E-state index in [4.69, 9.17) is 15.4 Å². The van der Waals surface area contributed by atoms with E-state index in [1.54, 1.807) is 0 Å². The van der Waals surface area contributed by atoms with Crippen molar-refractivity contribution >= 4 is 19.7 Å². The maximum absolute atomic E-state index is 12.6. The van der Waals surface area contributed by atoms with Gasteiger partial charge in [0.25, 0.3) is 0 Å². The molecule has 1 rings (SSSR count). The molecule has 0 unspecified atom stereocenters. The molecule has 19 heavy (non-hydrogen) atoms. The zero-order valence-corrected chi connectivity index (χ0v) is 11.4. The lowest BCUT2D eigenvalue weighted by atomic mass is 10.2. The predicted molar refractivity (Wildman–Crippen MR) is 65.8 cm³/mol. The zero-order chi connectivity index (χ0) is 14.5. The van der Waals surface area contributed by atoms with Gasteiger partial charge in [-0.1, -0.05) is 12.1 Å². The minimum absolute atomic E-state index is 0.000494. The third kappa shape index (κ3) is 6.15. The van der Waals surface area contributed by atoms with Crippen molar-refractivity contribution in [3.63, 3.8) is 0 Å². The van der Waals surface area contributed by atoms with Crippen molar-refractivity contribution in [3.05, 3.63) is 29.8 Å². The van der Waals surface area contributed by atoms with Crippen molar-refractivity contribution in [2.24, 2.45) is 0 Å². The molecule has 0 amide bonds. The number of alkyl halides is 3. The maximum Gasteiger partial charge on any atom is 0.419 e. The fourth-order valence-corrected chi connectivity index (χ4v) is 2.26. The van der Waals surface area contributed by atoms with Gasteiger partial charge in [-0.3, -0.25) is 0 Å². The van der Waals surface area contributed by atoms with E-state index in [1.807, 2.05) is 0 Å². The maximum atomic E-state index is 12.6. The highest BCUT2D eigenvalue weighted by atomic mass is 35.7. The molecule has 0 aliphatic carbocycles. The second-order valence-electron chi connectivity index (χ2n) is 3.79. The minimum Gasteiger partial charge on any atom is -0.493 e. The Morgan fingerprint density at radius 3 is 2.37 bits per heavy atom. The highest BCUT2D eigenvalue weighted by Crippen LogP contribution is 2.35. The summed E-state index contributed by atoms with van der Waals surface area (Å²) < 4.78 is 64.1. The first-order valence-electron chi connectivity index (χ1n) is 5.41. The molecule has 1 aromatic rings. The summed E-state index contributed by atoms with van der Waals surface area (Å²) >= 11 is 0. The number of ether oxygens (including phenoxy) is 1. The largest absolute Gasteiger partial charge is 0.493 e. The molecule has 0 aliphatic heterocycles. The first-order valence-corrected chi connectivity index (χ1v) is 7.89. The third-order valence-corrected chi connectivity index (χ3v) is 3.47. The first kappa shape index (κ1) is 16.1. The Labute approximate surface area is 113 Å². The van der Waals surface area contributed by atoms with Gasteiger partial charge in [0.2, 0.25) is 9.05 Å². The monoisotopic (exact) mass is 316 g/mol. The number of halogens is 4. The molecular weight excluding hydrogens is 305 g/mol. The Morgan fingerprint density at radius 1 is 1.16 bits per heavy atom. The third-order valence-electron chi connectivity index (χ3n) is 2.23. The summed E-state index contributed by atoms with van der Waals surface area (Å²) in [5.41, 5.74) is -0.847. The van der Waals surface area contributed by atoms with E-state index in [0.717, 1.165) is 6.07 Å². The van der Waals surface area contributed by atoms with E-state index in [1.165, 1.54) is 18.2 Å². The Kier molecular flexibility index (Phi) is 5.49. The van der Waals surface area contributed by atoms with Gasteiger partial charge in [-0.25, -0.2) is 8.42 Å². The summed E-state index contributed by atoms with van der Waals surface area (Å²) in [6, 6.07) is 4.86. The Bertz CT molecular complexity index is 514. The summed E-state index contributed by atoms with van der Waals surface area (Å²) in [4.78, 5) is 0.